The Balaban J connectivity index is 2.25. The van der Waals surface area contributed by atoms with E-state index in [1.807, 2.05) is 0 Å². The van der Waals surface area contributed by atoms with Gasteiger partial charge in [0, 0.05) is 24.3 Å². The van der Waals surface area contributed by atoms with Crippen LogP contribution in [0.3, 0.4) is 0 Å². The summed E-state index contributed by atoms with van der Waals surface area (Å²) >= 11 is 0. The van der Waals surface area contributed by atoms with Crippen LogP contribution in [0.5, 0.6) is 0 Å². The molecule has 4 nitrogen and oxygen atoms in total. The number of sulfone groups is 1. The van der Waals surface area contributed by atoms with E-state index in [9.17, 15) is 12.8 Å². The molecule has 0 aliphatic carbocycles. The zero-order valence-corrected chi connectivity index (χ0v) is 13.4. The fraction of sp³-hybridized carbons (Fsp3) is 0.118. The molecular formula is C17H14FNO3S. The standard InChI is InChI=1S/C17H14FNO3S/c1-11-19-16(12-7-9-13(18)10-8-12)17(22-11)14-5-3-4-6-15(14)23(2,20)21/h3-10H,1-2H3. The number of aryl methyl sites for hydroxylation is 1. The molecule has 3 rings (SSSR count). The van der Waals surface area contributed by atoms with E-state index >= 15 is 0 Å². The second-order valence-electron chi connectivity index (χ2n) is 5.19. The molecule has 6 heteroatoms. The van der Waals surface area contributed by atoms with E-state index in [0.717, 1.165) is 6.26 Å². The lowest BCUT2D eigenvalue weighted by molar-refractivity contribution is 0.533. The van der Waals surface area contributed by atoms with Crippen molar-refractivity contribution in [2.45, 2.75) is 11.8 Å². The molecule has 118 valence electrons. The van der Waals surface area contributed by atoms with E-state index in [2.05, 4.69) is 4.98 Å². The Bertz CT molecular complexity index is 960. The first-order valence-corrected chi connectivity index (χ1v) is 8.78. The van der Waals surface area contributed by atoms with Crippen LogP contribution >= 0.6 is 0 Å². The van der Waals surface area contributed by atoms with Crippen LogP contribution in [0.4, 0.5) is 4.39 Å². The maximum absolute atomic E-state index is 13.1. The van der Waals surface area contributed by atoms with Gasteiger partial charge in [-0.2, -0.15) is 0 Å². The highest BCUT2D eigenvalue weighted by Crippen LogP contribution is 2.36. The van der Waals surface area contributed by atoms with Gasteiger partial charge in [-0.3, -0.25) is 0 Å². The smallest absolute Gasteiger partial charge is 0.192 e. The Kier molecular flexibility index (Phi) is 3.77. The predicted molar refractivity (Wildman–Crippen MR) is 85.2 cm³/mol. The van der Waals surface area contributed by atoms with E-state index < -0.39 is 9.84 Å². The fourth-order valence-electron chi connectivity index (χ4n) is 2.39. The van der Waals surface area contributed by atoms with Crippen LogP contribution in [0, 0.1) is 12.7 Å². The average molecular weight is 331 g/mol. The van der Waals surface area contributed by atoms with Gasteiger partial charge in [-0.05, 0) is 36.4 Å². The van der Waals surface area contributed by atoms with Crippen LogP contribution in [0.15, 0.2) is 57.8 Å². The van der Waals surface area contributed by atoms with E-state index in [1.54, 1.807) is 37.3 Å². The van der Waals surface area contributed by atoms with E-state index in [-0.39, 0.29) is 10.7 Å². The summed E-state index contributed by atoms with van der Waals surface area (Å²) in [6.07, 6.45) is 1.15. The van der Waals surface area contributed by atoms with Gasteiger partial charge >= 0.3 is 0 Å². The number of halogens is 1. The molecule has 0 amide bonds. The van der Waals surface area contributed by atoms with Gasteiger partial charge in [0.1, 0.15) is 11.5 Å². The van der Waals surface area contributed by atoms with Crippen LogP contribution in [0.25, 0.3) is 22.6 Å². The summed E-state index contributed by atoms with van der Waals surface area (Å²) < 4.78 is 42.8. The Labute approximate surface area is 133 Å². The lowest BCUT2D eigenvalue weighted by atomic mass is 10.1. The van der Waals surface area contributed by atoms with Crippen LogP contribution in [-0.4, -0.2) is 19.7 Å². The zero-order valence-electron chi connectivity index (χ0n) is 12.6. The molecule has 0 unspecified atom stereocenters. The van der Waals surface area contributed by atoms with Crippen molar-refractivity contribution in [1.82, 2.24) is 4.98 Å². The summed E-state index contributed by atoms with van der Waals surface area (Å²) in [6, 6.07) is 12.4. The monoisotopic (exact) mass is 331 g/mol. The number of aromatic nitrogens is 1. The second-order valence-corrected chi connectivity index (χ2v) is 7.17. The molecule has 0 bridgehead atoms. The maximum atomic E-state index is 13.1. The quantitative estimate of drug-likeness (QED) is 0.731. The molecule has 0 spiro atoms. The third kappa shape index (κ3) is 3.03. The highest BCUT2D eigenvalue weighted by atomic mass is 32.2. The van der Waals surface area contributed by atoms with Gasteiger partial charge in [0.25, 0.3) is 0 Å². The number of nitrogens with zero attached hydrogens (tertiary/aromatic N) is 1. The third-order valence-electron chi connectivity index (χ3n) is 3.38. The molecule has 0 N–H and O–H groups in total. The topological polar surface area (TPSA) is 60.2 Å². The molecule has 0 atom stereocenters. The number of hydrogen-bond acceptors (Lipinski definition) is 4. The maximum Gasteiger partial charge on any atom is 0.192 e. The van der Waals surface area contributed by atoms with Gasteiger partial charge in [-0.15, -0.1) is 0 Å². The summed E-state index contributed by atoms with van der Waals surface area (Å²) in [5, 5.41) is 0. The van der Waals surface area contributed by atoms with Gasteiger partial charge < -0.3 is 4.42 Å². The summed E-state index contributed by atoms with van der Waals surface area (Å²) in [4.78, 5) is 4.49. The highest BCUT2D eigenvalue weighted by Gasteiger charge is 2.21. The Morgan fingerprint density at radius 2 is 1.70 bits per heavy atom. The van der Waals surface area contributed by atoms with Crippen molar-refractivity contribution in [3.8, 4) is 22.6 Å². The Morgan fingerprint density at radius 1 is 1.04 bits per heavy atom. The first-order chi connectivity index (χ1) is 10.9. The van der Waals surface area contributed by atoms with E-state index in [4.69, 9.17) is 4.42 Å². The molecule has 23 heavy (non-hydrogen) atoms. The average Bonchev–Trinajstić information content (AvgIpc) is 2.89. The van der Waals surface area contributed by atoms with Crippen molar-refractivity contribution in [3.63, 3.8) is 0 Å². The number of oxazole rings is 1. The van der Waals surface area contributed by atoms with E-state index in [1.165, 1.54) is 18.2 Å². The van der Waals surface area contributed by atoms with E-state index in [0.29, 0.717) is 28.5 Å². The largest absolute Gasteiger partial charge is 0.440 e. The molecule has 3 aromatic rings. The van der Waals surface area contributed by atoms with Crippen molar-refractivity contribution >= 4 is 9.84 Å². The Hall–Kier alpha value is -2.47. The van der Waals surface area contributed by atoms with Crippen LogP contribution in [-0.2, 0) is 9.84 Å². The molecule has 0 saturated heterocycles. The summed E-state index contributed by atoms with van der Waals surface area (Å²) in [5.74, 6) is 0.407. The highest BCUT2D eigenvalue weighted by molar-refractivity contribution is 7.90. The number of benzene rings is 2. The SMILES string of the molecule is Cc1nc(-c2ccc(F)cc2)c(-c2ccccc2S(C)(=O)=O)o1. The van der Waals surface area contributed by atoms with Gasteiger partial charge in [0.2, 0.25) is 0 Å². The minimum absolute atomic E-state index is 0.166. The van der Waals surface area contributed by atoms with Gasteiger partial charge in [-0.1, -0.05) is 12.1 Å². The van der Waals surface area contributed by atoms with Crippen molar-refractivity contribution < 1.29 is 17.2 Å². The lowest BCUT2D eigenvalue weighted by Gasteiger charge is -2.07. The molecule has 0 saturated carbocycles. The summed E-state index contributed by atoms with van der Waals surface area (Å²) in [7, 11) is -3.43. The fourth-order valence-corrected chi connectivity index (χ4v) is 3.28. The predicted octanol–water partition coefficient (Wildman–Crippen LogP) is 3.86. The Morgan fingerprint density at radius 3 is 2.35 bits per heavy atom. The van der Waals surface area contributed by atoms with Crippen molar-refractivity contribution in [2.24, 2.45) is 0 Å². The summed E-state index contributed by atoms with van der Waals surface area (Å²) in [5.41, 5.74) is 1.58. The zero-order chi connectivity index (χ0) is 16.6. The number of hydrogen-bond donors (Lipinski definition) is 0. The normalized spacial score (nSPS) is 11.6. The molecule has 0 aliphatic heterocycles. The minimum atomic E-state index is -3.43. The van der Waals surface area contributed by atoms with Crippen LogP contribution in [0.1, 0.15) is 5.89 Å². The van der Waals surface area contributed by atoms with Crippen LogP contribution < -0.4 is 0 Å². The summed E-state index contributed by atoms with van der Waals surface area (Å²) in [6.45, 7) is 1.68. The molecule has 2 aromatic carbocycles. The van der Waals surface area contributed by atoms with Crippen molar-refractivity contribution in [1.29, 1.82) is 0 Å². The minimum Gasteiger partial charge on any atom is -0.440 e. The first kappa shape index (κ1) is 15.4. The van der Waals surface area contributed by atoms with Crippen molar-refractivity contribution in [3.05, 3.63) is 60.2 Å². The van der Waals surface area contributed by atoms with Gasteiger partial charge in [0.05, 0.1) is 4.90 Å². The molecule has 1 heterocycles. The van der Waals surface area contributed by atoms with Gasteiger partial charge in [-0.25, -0.2) is 17.8 Å². The molecule has 0 radical (unpaired) electrons. The van der Waals surface area contributed by atoms with Crippen LogP contribution in [0.2, 0.25) is 0 Å². The molecule has 0 aliphatic rings. The third-order valence-corrected chi connectivity index (χ3v) is 4.54. The molecular weight excluding hydrogens is 317 g/mol. The second kappa shape index (κ2) is 5.62. The number of rotatable bonds is 3. The van der Waals surface area contributed by atoms with Gasteiger partial charge in [0.15, 0.2) is 21.5 Å². The molecule has 1 aromatic heterocycles. The molecule has 0 fully saturated rings. The first-order valence-electron chi connectivity index (χ1n) is 6.89. The van der Waals surface area contributed by atoms with Crippen molar-refractivity contribution in [2.75, 3.05) is 6.26 Å². The lowest BCUT2D eigenvalue weighted by Crippen LogP contribution is -1.99.